The van der Waals surface area contributed by atoms with E-state index in [1.165, 1.54) is 19.2 Å². The number of esters is 4. The lowest BCUT2D eigenvalue weighted by molar-refractivity contribution is -0.385. The van der Waals surface area contributed by atoms with E-state index >= 15 is 0 Å². The number of nitro groups is 4. The molecule has 8 atom stereocenters. The molecule has 2 saturated heterocycles. The zero-order valence-corrected chi connectivity index (χ0v) is 33.0. The van der Waals surface area contributed by atoms with E-state index < -0.39 is 106 Å². The van der Waals surface area contributed by atoms with Gasteiger partial charge < -0.3 is 38.3 Å². The van der Waals surface area contributed by atoms with Crippen LogP contribution >= 0.6 is 0 Å². The molecular weight excluding hydrogens is 882 g/mol. The van der Waals surface area contributed by atoms with E-state index in [0.29, 0.717) is 0 Å². The lowest BCUT2D eigenvalue weighted by Crippen LogP contribution is -2.37. The first kappa shape index (κ1) is 48.1. The van der Waals surface area contributed by atoms with Crippen LogP contribution in [0.5, 0.6) is 0 Å². The topological polar surface area (TPSA) is 326 Å². The number of nitrogens with zero attached hydrogens (tertiary/aromatic N) is 4. The van der Waals surface area contributed by atoms with Gasteiger partial charge in [-0.3, -0.25) is 40.5 Å². The van der Waals surface area contributed by atoms with Crippen molar-refractivity contribution in [2.75, 3.05) is 20.3 Å². The van der Waals surface area contributed by atoms with Crippen LogP contribution in [0.15, 0.2) is 97.1 Å². The molecular formula is C39H32F2N4O20. The summed E-state index contributed by atoms with van der Waals surface area (Å²) in [6.45, 7) is -1.10. The van der Waals surface area contributed by atoms with Crippen molar-refractivity contribution < 1.29 is 85.9 Å². The lowest BCUT2D eigenvalue weighted by atomic mass is 10.1. The maximum atomic E-state index is 14.7. The van der Waals surface area contributed by atoms with E-state index in [1.54, 1.807) is 0 Å². The summed E-state index contributed by atoms with van der Waals surface area (Å²) in [6.07, 6.45) is -13.0. The largest absolute Gasteiger partial charge is 0.459 e. The minimum atomic E-state index is -2.14. The Balaban J connectivity index is 0.000000244. The van der Waals surface area contributed by atoms with Crippen LogP contribution in [0, 0.1) is 40.5 Å². The Labute approximate surface area is 361 Å². The first-order chi connectivity index (χ1) is 30.9. The van der Waals surface area contributed by atoms with Crippen molar-refractivity contribution in [2.45, 2.75) is 49.3 Å². The van der Waals surface area contributed by atoms with Gasteiger partial charge in [-0.1, -0.05) is 0 Å². The van der Waals surface area contributed by atoms with Crippen molar-refractivity contribution in [3.8, 4) is 0 Å². The van der Waals surface area contributed by atoms with Crippen LogP contribution in [0.25, 0.3) is 0 Å². The smallest absolute Gasteiger partial charge is 0.338 e. The number of aliphatic hydroxyl groups excluding tert-OH is 1. The molecule has 0 bridgehead atoms. The molecule has 0 spiro atoms. The minimum Gasteiger partial charge on any atom is -0.459 e. The third-order valence-corrected chi connectivity index (χ3v) is 9.25. The number of benzene rings is 4. The van der Waals surface area contributed by atoms with Crippen molar-refractivity contribution in [2.24, 2.45) is 0 Å². The normalized spacial score (nSPS) is 22.0. The quantitative estimate of drug-likeness (QED) is 0.0740. The molecule has 6 rings (SSSR count). The highest BCUT2D eigenvalue weighted by Crippen LogP contribution is 2.30. The highest BCUT2D eigenvalue weighted by Gasteiger charge is 2.49. The van der Waals surface area contributed by atoms with Gasteiger partial charge in [0.1, 0.15) is 25.4 Å². The molecule has 0 aromatic heterocycles. The molecule has 2 fully saturated rings. The van der Waals surface area contributed by atoms with Crippen LogP contribution in [0.4, 0.5) is 31.5 Å². The first-order valence-electron chi connectivity index (χ1n) is 18.4. The van der Waals surface area contributed by atoms with Gasteiger partial charge in [-0.25, -0.2) is 28.0 Å². The molecule has 26 heteroatoms. The Morgan fingerprint density at radius 3 is 1.12 bits per heavy atom. The summed E-state index contributed by atoms with van der Waals surface area (Å²) in [5.74, 6) is -3.76. The molecule has 65 heavy (non-hydrogen) atoms. The molecule has 2 aliphatic rings. The van der Waals surface area contributed by atoms with Gasteiger partial charge in [0.15, 0.2) is 37.1 Å². The summed E-state index contributed by atoms with van der Waals surface area (Å²) < 4.78 is 64.5. The molecule has 2 aliphatic heterocycles. The van der Waals surface area contributed by atoms with Gasteiger partial charge in [-0.2, -0.15) is 0 Å². The van der Waals surface area contributed by atoms with Crippen LogP contribution in [-0.4, -0.2) is 118 Å². The SMILES string of the molecule is COC1OC(COC(=O)c2ccc([N+](=O)[O-])cc2)[C@@H](OC(=O)c2ccc([N+](=O)[O-])cc2)[C@@H]1F.O=C(OCC1OC(O)[C@@H](F)[C@@H]1OC(=O)c1ccc([N+](=O)[O-])cc1)c1ccc([N+](=O)[O-])cc1. The summed E-state index contributed by atoms with van der Waals surface area (Å²) in [5, 5.41) is 52.4. The molecule has 4 unspecified atom stereocenters. The van der Waals surface area contributed by atoms with Gasteiger partial charge in [-0.05, 0) is 48.5 Å². The van der Waals surface area contributed by atoms with Crippen molar-refractivity contribution in [3.05, 3.63) is 160 Å². The van der Waals surface area contributed by atoms with E-state index in [4.69, 9.17) is 33.2 Å². The summed E-state index contributed by atoms with van der Waals surface area (Å²) in [5.41, 5.74) is -1.13. The predicted molar refractivity (Wildman–Crippen MR) is 208 cm³/mol. The molecule has 0 amide bonds. The van der Waals surface area contributed by atoms with E-state index in [1.807, 2.05) is 0 Å². The van der Waals surface area contributed by atoms with Gasteiger partial charge >= 0.3 is 23.9 Å². The second-order valence-electron chi connectivity index (χ2n) is 13.4. The van der Waals surface area contributed by atoms with Crippen molar-refractivity contribution >= 4 is 46.6 Å². The Morgan fingerprint density at radius 1 is 0.523 bits per heavy atom. The fourth-order valence-electron chi connectivity index (χ4n) is 5.86. The second kappa shape index (κ2) is 21.4. The number of rotatable bonds is 15. The standard InChI is InChI=1S/C20H17FN2O10.C19H15FN2O10/c1-30-20-16(21)17(33-19(25)12-4-8-14(9-5-12)23(28)29)15(32-20)10-31-18(24)11-2-6-13(7-3-11)22(26)27;20-15-16(32-18(24)11-3-7-13(8-4-11)22(28)29)14(31-19(15)25)9-30-17(23)10-1-5-12(6-2-10)21(26)27/h2-9,15-17,20H,10H2,1H3;1-8,14-16,19,25H,9H2/t15?,16-,17+,20?;14?,15-,16+,19?/m00/s1. The Bertz CT molecular complexity index is 2410. The number of methoxy groups -OCH3 is 1. The van der Waals surface area contributed by atoms with Gasteiger partial charge in [-0.15, -0.1) is 0 Å². The van der Waals surface area contributed by atoms with Crippen molar-refractivity contribution in [1.82, 2.24) is 0 Å². The van der Waals surface area contributed by atoms with E-state index in [2.05, 4.69) is 0 Å². The highest BCUT2D eigenvalue weighted by molar-refractivity contribution is 5.91. The monoisotopic (exact) mass is 914 g/mol. The van der Waals surface area contributed by atoms with Crippen LogP contribution < -0.4 is 0 Å². The number of nitro benzene ring substituents is 4. The summed E-state index contributed by atoms with van der Waals surface area (Å²) in [4.78, 5) is 89.2. The predicted octanol–water partition coefficient (Wildman–Crippen LogP) is 4.54. The van der Waals surface area contributed by atoms with E-state index in [-0.39, 0.29) is 45.0 Å². The van der Waals surface area contributed by atoms with Gasteiger partial charge in [0.05, 0.1) is 41.9 Å². The fraction of sp³-hybridized carbons (Fsp3) is 0.282. The van der Waals surface area contributed by atoms with Crippen LogP contribution in [0.3, 0.4) is 0 Å². The average molecular weight is 915 g/mol. The molecule has 4 aromatic carbocycles. The first-order valence-corrected chi connectivity index (χ1v) is 18.4. The number of alkyl halides is 2. The minimum absolute atomic E-state index is 0.0121. The van der Waals surface area contributed by atoms with Gasteiger partial charge in [0, 0.05) is 55.6 Å². The number of carbonyl (C=O) groups is 4. The number of aliphatic hydroxyl groups is 1. The molecule has 24 nitrogen and oxygen atoms in total. The third kappa shape index (κ3) is 12.2. The summed E-state index contributed by atoms with van der Waals surface area (Å²) >= 11 is 0. The average Bonchev–Trinajstić information content (AvgIpc) is 3.75. The van der Waals surface area contributed by atoms with Crippen LogP contribution in [-0.2, 0) is 33.2 Å². The third-order valence-electron chi connectivity index (χ3n) is 9.25. The van der Waals surface area contributed by atoms with E-state index in [0.717, 1.165) is 84.9 Å². The Hall–Kier alpha value is -7.94. The van der Waals surface area contributed by atoms with E-state index in [9.17, 15) is 73.5 Å². The Morgan fingerprint density at radius 2 is 0.815 bits per heavy atom. The van der Waals surface area contributed by atoms with Crippen LogP contribution in [0.1, 0.15) is 41.4 Å². The molecule has 0 aliphatic carbocycles. The second-order valence-corrected chi connectivity index (χ2v) is 13.4. The molecule has 0 radical (unpaired) electrons. The number of carbonyl (C=O) groups excluding carboxylic acids is 4. The number of hydrogen-bond donors (Lipinski definition) is 1. The zero-order chi connectivity index (χ0) is 47.5. The van der Waals surface area contributed by atoms with Crippen LogP contribution in [0.2, 0.25) is 0 Å². The molecule has 1 N–H and O–H groups in total. The molecule has 4 aromatic rings. The van der Waals surface area contributed by atoms with Crippen molar-refractivity contribution in [1.29, 1.82) is 0 Å². The number of halogens is 2. The van der Waals surface area contributed by atoms with Crippen molar-refractivity contribution in [3.63, 3.8) is 0 Å². The number of non-ortho nitro benzene ring substituents is 4. The molecule has 342 valence electrons. The zero-order valence-electron chi connectivity index (χ0n) is 33.0. The fourth-order valence-corrected chi connectivity index (χ4v) is 5.86. The number of ether oxygens (including phenoxy) is 7. The lowest BCUT2D eigenvalue weighted by Gasteiger charge is -2.19. The highest BCUT2D eigenvalue weighted by atomic mass is 19.1. The van der Waals surface area contributed by atoms with Gasteiger partial charge in [0.2, 0.25) is 0 Å². The van der Waals surface area contributed by atoms with Gasteiger partial charge in [0.25, 0.3) is 22.7 Å². The Kier molecular flexibility index (Phi) is 15.9. The molecule has 2 heterocycles. The number of hydrogen-bond acceptors (Lipinski definition) is 20. The summed E-state index contributed by atoms with van der Waals surface area (Å²) in [6, 6.07) is 18.0. The maximum absolute atomic E-state index is 14.7. The molecule has 0 saturated carbocycles. The summed E-state index contributed by atoms with van der Waals surface area (Å²) in [7, 11) is 1.18. The maximum Gasteiger partial charge on any atom is 0.338 e.